The van der Waals surface area contributed by atoms with E-state index in [-0.39, 0.29) is 11.4 Å². The number of hydrogen-bond acceptors (Lipinski definition) is 6. The Morgan fingerprint density at radius 1 is 1.44 bits per heavy atom. The molecule has 1 aliphatic heterocycles. The van der Waals surface area contributed by atoms with Gasteiger partial charge < -0.3 is 4.74 Å². The maximum atomic E-state index is 13.1. The molecule has 9 heteroatoms. The Morgan fingerprint density at radius 2 is 2.11 bits per heavy atom. The average molecular weight is 413 g/mol. The van der Waals surface area contributed by atoms with Crippen LogP contribution in [0.2, 0.25) is 0 Å². The fourth-order valence-corrected chi connectivity index (χ4v) is 5.97. The first kappa shape index (κ1) is 21.5. The minimum atomic E-state index is -3.92. The average Bonchev–Trinajstić information content (AvgIpc) is 2.64. The van der Waals surface area contributed by atoms with Crippen LogP contribution in [-0.4, -0.2) is 53.5 Å². The first-order chi connectivity index (χ1) is 12.7. The molecule has 0 bridgehead atoms. The number of benzene rings is 1. The summed E-state index contributed by atoms with van der Waals surface area (Å²) in [7, 11) is -3.92. The smallest absolute Gasteiger partial charge is 0.263 e. The van der Waals surface area contributed by atoms with Crippen LogP contribution in [0.25, 0.3) is 0 Å². The number of hydrogen-bond donors (Lipinski definition) is 2. The zero-order valence-corrected chi connectivity index (χ0v) is 17.1. The molecular formula is C18H24N2O5S2. The highest BCUT2D eigenvalue weighted by atomic mass is 32.2. The summed E-state index contributed by atoms with van der Waals surface area (Å²) in [5, 5.41) is 9.07. The van der Waals surface area contributed by atoms with E-state index in [1.54, 1.807) is 43.6 Å². The Kier molecular flexibility index (Phi) is 7.13. The van der Waals surface area contributed by atoms with Gasteiger partial charge in [0, 0.05) is 17.0 Å². The van der Waals surface area contributed by atoms with Gasteiger partial charge in [-0.25, -0.2) is 13.9 Å². The maximum Gasteiger partial charge on any atom is 0.263 e. The lowest BCUT2D eigenvalue weighted by Gasteiger charge is -2.43. The van der Waals surface area contributed by atoms with Crippen molar-refractivity contribution in [1.29, 1.82) is 0 Å². The summed E-state index contributed by atoms with van der Waals surface area (Å²) in [5.41, 5.74) is 4.48. The van der Waals surface area contributed by atoms with Gasteiger partial charge in [-0.05, 0) is 57.2 Å². The first-order valence-electron chi connectivity index (χ1n) is 8.42. The second-order valence-corrected chi connectivity index (χ2v) is 10.0. The number of carbonyl (C=O) groups excluding carboxylic acids is 1. The molecule has 1 aromatic carbocycles. The molecule has 0 spiro atoms. The Morgan fingerprint density at radius 3 is 2.70 bits per heavy atom. The van der Waals surface area contributed by atoms with Crippen LogP contribution in [-0.2, 0) is 14.8 Å². The minimum absolute atomic E-state index is 0.0669. The van der Waals surface area contributed by atoms with Crippen molar-refractivity contribution < 1.29 is 23.2 Å². The number of hydroxylamine groups is 1. The van der Waals surface area contributed by atoms with Crippen LogP contribution in [0.15, 0.2) is 47.0 Å². The van der Waals surface area contributed by atoms with Gasteiger partial charge in [0.05, 0.1) is 4.90 Å². The number of carbonyl (C=O) groups is 1. The summed E-state index contributed by atoms with van der Waals surface area (Å²) in [5.74, 6) is 0.341. The van der Waals surface area contributed by atoms with Crippen LogP contribution in [0.3, 0.4) is 0 Å². The first-order valence-corrected chi connectivity index (χ1v) is 10.8. The lowest BCUT2D eigenvalue weighted by molar-refractivity contribution is -0.134. The molecule has 2 rings (SSSR count). The molecule has 1 heterocycles. The van der Waals surface area contributed by atoms with Crippen LogP contribution in [0.1, 0.15) is 20.8 Å². The monoisotopic (exact) mass is 412 g/mol. The summed E-state index contributed by atoms with van der Waals surface area (Å²) < 4.78 is 32.2. The SMILES string of the molecule is CC=C=CCOc1ccc(S(=O)(=O)N2CCSC(C)(C)C2C(=O)NO)cc1. The Balaban J connectivity index is 2.27. The Labute approximate surface area is 164 Å². The van der Waals surface area contributed by atoms with Crippen molar-refractivity contribution in [2.24, 2.45) is 0 Å². The third-order valence-corrected chi connectivity index (χ3v) is 7.37. The van der Waals surface area contributed by atoms with Crippen molar-refractivity contribution in [3.05, 3.63) is 42.1 Å². The largest absolute Gasteiger partial charge is 0.489 e. The molecule has 1 amide bonds. The van der Waals surface area contributed by atoms with Gasteiger partial charge in [-0.2, -0.15) is 16.1 Å². The predicted molar refractivity (Wildman–Crippen MR) is 104 cm³/mol. The van der Waals surface area contributed by atoms with Gasteiger partial charge in [-0.1, -0.05) is 0 Å². The molecule has 1 atom stereocenters. The van der Waals surface area contributed by atoms with E-state index in [9.17, 15) is 13.2 Å². The van der Waals surface area contributed by atoms with E-state index in [2.05, 4.69) is 5.73 Å². The maximum absolute atomic E-state index is 13.1. The second-order valence-electron chi connectivity index (χ2n) is 6.39. The summed E-state index contributed by atoms with van der Waals surface area (Å²) in [4.78, 5) is 12.3. The normalized spacial score (nSPS) is 19.6. The van der Waals surface area contributed by atoms with Gasteiger partial charge in [0.25, 0.3) is 5.91 Å². The van der Waals surface area contributed by atoms with Crippen LogP contribution in [0.5, 0.6) is 5.75 Å². The number of rotatable bonds is 6. The van der Waals surface area contributed by atoms with Crippen LogP contribution >= 0.6 is 11.8 Å². The minimum Gasteiger partial charge on any atom is -0.489 e. The number of nitrogens with one attached hydrogen (secondary N) is 1. The van der Waals surface area contributed by atoms with Gasteiger partial charge in [0.15, 0.2) is 0 Å². The van der Waals surface area contributed by atoms with Gasteiger partial charge >= 0.3 is 0 Å². The molecule has 1 unspecified atom stereocenters. The van der Waals surface area contributed by atoms with E-state index in [0.717, 1.165) is 4.31 Å². The molecule has 1 saturated heterocycles. The molecular weight excluding hydrogens is 388 g/mol. The number of thioether (sulfide) groups is 1. The van der Waals surface area contributed by atoms with E-state index in [0.29, 0.717) is 18.1 Å². The van der Waals surface area contributed by atoms with Crippen molar-refractivity contribution in [3.8, 4) is 5.75 Å². The van der Waals surface area contributed by atoms with E-state index < -0.39 is 26.7 Å². The molecule has 1 aromatic rings. The third-order valence-electron chi connectivity index (χ3n) is 4.14. The molecule has 0 radical (unpaired) electrons. The Hall–Kier alpha value is -1.77. The number of ether oxygens (including phenoxy) is 1. The van der Waals surface area contributed by atoms with Crippen molar-refractivity contribution >= 4 is 27.7 Å². The lowest BCUT2D eigenvalue weighted by atomic mass is 10.0. The van der Waals surface area contributed by atoms with Crippen molar-refractivity contribution in [2.45, 2.75) is 36.5 Å². The Bertz CT molecular complexity index is 828. The highest BCUT2D eigenvalue weighted by molar-refractivity contribution is 8.00. The predicted octanol–water partition coefficient (Wildman–Crippen LogP) is 2.19. The summed E-state index contributed by atoms with van der Waals surface area (Å²) in [6.45, 7) is 5.93. The second kappa shape index (κ2) is 8.95. The standard InChI is InChI=1S/C18H24N2O5S2/c1-4-5-6-12-25-14-7-9-15(10-8-14)27(23,24)20-11-13-26-18(2,3)16(20)17(21)19-22/h4,6-10,16,22H,11-13H2,1-3H3,(H,19,21). The highest BCUT2D eigenvalue weighted by Crippen LogP contribution is 2.38. The van der Waals surface area contributed by atoms with Crippen molar-refractivity contribution in [1.82, 2.24) is 9.79 Å². The lowest BCUT2D eigenvalue weighted by Crippen LogP contribution is -2.61. The number of sulfonamides is 1. The molecule has 0 saturated carbocycles. The molecule has 1 aliphatic rings. The third kappa shape index (κ3) is 4.94. The van der Waals surface area contributed by atoms with Gasteiger partial charge in [-0.3, -0.25) is 10.0 Å². The van der Waals surface area contributed by atoms with Gasteiger partial charge in [-0.15, -0.1) is 5.73 Å². The number of amides is 1. The van der Waals surface area contributed by atoms with E-state index in [1.807, 2.05) is 6.92 Å². The van der Waals surface area contributed by atoms with Crippen LogP contribution < -0.4 is 10.2 Å². The quantitative estimate of drug-likeness (QED) is 0.422. The molecule has 0 aromatic heterocycles. The summed E-state index contributed by atoms with van der Waals surface area (Å²) in [6, 6.07) is 5.02. The van der Waals surface area contributed by atoms with E-state index in [1.165, 1.54) is 23.9 Å². The molecule has 7 nitrogen and oxygen atoms in total. The molecule has 1 fully saturated rings. The molecule has 148 valence electrons. The fraction of sp³-hybridized carbons (Fsp3) is 0.444. The van der Waals surface area contributed by atoms with Crippen molar-refractivity contribution in [2.75, 3.05) is 18.9 Å². The highest BCUT2D eigenvalue weighted by Gasteiger charge is 2.48. The number of nitrogens with zero attached hydrogens (tertiary/aromatic N) is 1. The molecule has 2 N–H and O–H groups in total. The van der Waals surface area contributed by atoms with Crippen molar-refractivity contribution in [3.63, 3.8) is 0 Å². The zero-order valence-electron chi connectivity index (χ0n) is 15.5. The fourth-order valence-electron chi connectivity index (χ4n) is 2.87. The van der Waals surface area contributed by atoms with Gasteiger partial charge in [0.2, 0.25) is 10.0 Å². The zero-order chi connectivity index (χ0) is 20.1. The summed E-state index contributed by atoms with van der Waals surface area (Å²) >= 11 is 1.49. The topological polar surface area (TPSA) is 95.9 Å². The van der Waals surface area contributed by atoms with E-state index in [4.69, 9.17) is 9.94 Å². The van der Waals surface area contributed by atoms with E-state index >= 15 is 0 Å². The van der Waals surface area contributed by atoms with Gasteiger partial charge in [0.1, 0.15) is 18.4 Å². The van der Waals surface area contributed by atoms with Crippen LogP contribution in [0, 0.1) is 0 Å². The van der Waals surface area contributed by atoms with Crippen LogP contribution in [0.4, 0.5) is 0 Å². The molecule has 0 aliphatic carbocycles. The molecule has 27 heavy (non-hydrogen) atoms. The summed E-state index contributed by atoms with van der Waals surface area (Å²) in [6.07, 6.45) is 3.48.